The Morgan fingerprint density at radius 1 is 1.39 bits per heavy atom. The minimum Gasteiger partial charge on any atom is -0.386 e. The van der Waals surface area contributed by atoms with Crippen LogP contribution in [0, 0.1) is 11.6 Å². The van der Waals surface area contributed by atoms with Crippen molar-refractivity contribution in [2.45, 2.75) is 18.6 Å². The van der Waals surface area contributed by atoms with Crippen LogP contribution >= 0.6 is 11.6 Å². The molecule has 1 atom stereocenters. The van der Waals surface area contributed by atoms with Gasteiger partial charge in [0.05, 0.1) is 29.9 Å². The number of carbonyl (C=O) groups excluding carboxylic acids is 1. The Morgan fingerprint density at radius 3 is 2.87 bits per heavy atom. The number of benzene rings is 1. The first-order valence-corrected chi connectivity index (χ1v) is 7.26. The largest absolute Gasteiger partial charge is 0.386 e. The molecular formula is C14H13ClF2N4O2. The van der Waals surface area contributed by atoms with Gasteiger partial charge in [-0.05, 0) is 18.6 Å². The Balaban J connectivity index is 1.76. The maximum Gasteiger partial charge on any atom is 0.257 e. The monoisotopic (exact) mass is 342 g/mol. The van der Waals surface area contributed by atoms with Gasteiger partial charge in [-0.2, -0.15) is 0 Å². The lowest BCUT2D eigenvalue weighted by atomic mass is 10.0. The Labute approximate surface area is 135 Å². The predicted molar refractivity (Wildman–Crippen MR) is 76.9 cm³/mol. The summed E-state index contributed by atoms with van der Waals surface area (Å²) >= 11 is 5.48. The fourth-order valence-electron chi connectivity index (χ4n) is 2.63. The highest BCUT2D eigenvalue weighted by atomic mass is 35.5. The number of halogens is 3. The third-order valence-corrected chi connectivity index (χ3v) is 4.08. The molecule has 0 saturated carbocycles. The summed E-state index contributed by atoms with van der Waals surface area (Å²) in [4.78, 5) is 13.6. The molecule has 122 valence electrons. The van der Waals surface area contributed by atoms with Crippen molar-refractivity contribution in [2.75, 3.05) is 13.1 Å². The van der Waals surface area contributed by atoms with Gasteiger partial charge in [0.2, 0.25) is 0 Å². The topological polar surface area (TPSA) is 71.2 Å². The molecule has 1 aromatic heterocycles. The van der Waals surface area contributed by atoms with Gasteiger partial charge >= 0.3 is 0 Å². The Bertz CT molecular complexity index is 741. The number of likely N-dealkylation sites (tertiary alicyclic amines) is 1. The van der Waals surface area contributed by atoms with Crippen molar-refractivity contribution in [3.63, 3.8) is 0 Å². The van der Waals surface area contributed by atoms with E-state index in [0.717, 1.165) is 12.1 Å². The van der Waals surface area contributed by atoms with E-state index in [0.29, 0.717) is 6.42 Å². The molecule has 2 aromatic rings. The standard InChI is InChI=1S/C14H13ClF2N4O2/c15-10-6-11(16)9(5-12(10)17)13(22)20-3-1-14(23,7-20)8-21-4-2-18-19-21/h2,4-6,23H,1,3,7-8H2. The highest BCUT2D eigenvalue weighted by molar-refractivity contribution is 6.30. The molecule has 0 bridgehead atoms. The first-order chi connectivity index (χ1) is 10.9. The van der Waals surface area contributed by atoms with E-state index >= 15 is 0 Å². The summed E-state index contributed by atoms with van der Waals surface area (Å²) in [5.74, 6) is -2.45. The minimum absolute atomic E-state index is 0.00458. The second-order valence-corrected chi connectivity index (χ2v) is 5.96. The van der Waals surface area contributed by atoms with Gasteiger partial charge in [-0.3, -0.25) is 4.79 Å². The van der Waals surface area contributed by atoms with Crippen LogP contribution in [0.25, 0.3) is 0 Å². The van der Waals surface area contributed by atoms with Crippen molar-refractivity contribution in [3.05, 3.63) is 46.7 Å². The van der Waals surface area contributed by atoms with Gasteiger partial charge in [-0.25, -0.2) is 13.5 Å². The number of amides is 1. The summed E-state index contributed by atoms with van der Waals surface area (Å²) < 4.78 is 28.8. The smallest absolute Gasteiger partial charge is 0.257 e. The van der Waals surface area contributed by atoms with E-state index < -0.39 is 28.7 Å². The first-order valence-electron chi connectivity index (χ1n) is 6.88. The fraction of sp³-hybridized carbons (Fsp3) is 0.357. The lowest BCUT2D eigenvalue weighted by Crippen LogP contribution is -2.39. The van der Waals surface area contributed by atoms with Crippen LogP contribution in [-0.2, 0) is 6.54 Å². The van der Waals surface area contributed by atoms with E-state index in [1.807, 2.05) is 0 Å². The van der Waals surface area contributed by atoms with Crippen LogP contribution in [0.2, 0.25) is 5.02 Å². The van der Waals surface area contributed by atoms with E-state index in [-0.39, 0.29) is 24.7 Å². The van der Waals surface area contributed by atoms with Crippen LogP contribution in [0.3, 0.4) is 0 Å². The van der Waals surface area contributed by atoms with E-state index in [1.54, 1.807) is 6.20 Å². The molecule has 1 aliphatic heterocycles. The predicted octanol–water partition coefficient (Wildman–Crippen LogP) is 1.49. The quantitative estimate of drug-likeness (QED) is 0.858. The molecule has 1 unspecified atom stereocenters. The van der Waals surface area contributed by atoms with Crippen molar-refractivity contribution in [1.29, 1.82) is 0 Å². The molecule has 3 rings (SSSR count). The molecule has 1 aromatic carbocycles. The van der Waals surface area contributed by atoms with Gasteiger partial charge in [0.15, 0.2) is 0 Å². The van der Waals surface area contributed by atoms with E-state index in [9.17, 15) is 18.7 Å². The maximum absolute atomic E-state index is 13.8. The number of aliphatic hydroxyl groups is 1. The lowest BCUT2D eigenvalue weighted by molar-refractivity contribution is 0.0266. The summed E-state index contributed by atoms with van der Waals surface area (Å²) in [7, 11) is 0. The molecule has 1 amide bonds. The molecule has 1 saturated heterocycles. The molecule has 1 fully saturated rings. The Kier molecular flexibility index (Phi) is 4.03. The van der Waals surface area contributed by atoms with Crippen LogP contribution in [0.4, 0.5) is 8.78 Å². The molecule has 0 aliphatic carbocycles. The molecule has 1 N–H and O–H groups in total. The Hall–Kier alpha value is -2.06. The summed E-state index contributed by atoms with van der Waals surface area (Å²) in [5, 5.41) is 17.6. The third-order valence-electron chi connectivity index (χ3n) is 3.79. The number of hydrogen-bond acceptors (Lipinski definition) is 4. The van der Waals surface area contributed by atoms with Crippen LogP contribution in [0.1, 0.15) is 16.8 Å². The Morgan fingerprint density at radius 2 is 2.17 bits per heavy atom. The van der Waals surface area contributed by atoms with Crippen molar-refractivity contribution < 1.29 is 18.7 Å². The number of rotatable bonds is 3. The van der Waals surface area contributed by atoms with Crippen LogP contribution in [0.15, 0.2) is 24.5 Å². The zero-order chi connectivity index (χ0) is 16.6. The molecule has 0 radical (unpaired) electrons. The normalized spacial score (nSPS) is 21.0. The van der Waals surface area contributed by atoms with Crippen LogP contribution < -0.4 is 0 Å². The first kappa shape index (κ1) is 15.8. The summed E-state index contributed by atoms with van der Waals surface area (Å²) in [6, 6.07) is 1.54. The van der Waals surface area contributed by atoms with Crippen LogP contribution in [0.5, 0.6) is 0 Å². The molecule has 2 heterocycles. The second kappa shape index (κ2) is 5.86. The fourth-order valence-corrected chi connectivity index (χ4v) is 2.78. The van der Waals surface area contributed by atoms with Gasteiger partial charge in [0, 0.05) is 12.7 Å². The van der Waals surface area contributed by atoms with Crippen molar-refractivity contribution in [2.24, 2.45) is 0 Å². The van der Waals surface area contributed by atoms with Crippen molar-refractivity contribution in [1.82, 2.24) is 19.9 Å². The second-order valence-electron chi connectivity index (χ2n) is 5.55. The average molecular weight is 343 g/mol. The number of β-amino-alcohol motifs (C(OH)–C–C–N with tert-alkyl or cyclic N) is 1. The third kappa shape index (κ3) is 3.18. The van der Waals surface area contributed by atoms with Gasteiger partial charge < -0.3 is 10.0 Å². The lowest BCUT2D eigenvalue weighted by Gasteiger charge is -2.23. The van der Waals surface area contributed by atoms with E-state index in [4.69, 9.17) is 11.6 Å². The zero-order valence-electron chi connectivity index (χ0n) is 11.9. The summed E-state index contributed by atoms with van der Waals surface area (Å²) in [5.41, 5.74) is -1.60. The highest BCUT2D eigenvalue weighted by Crippen LogP contribution is 2.26. The maximum atomic E-state index is 13.8. The molecule has 9 heteroatoms. The highest BCUT2D eigenvalue weighted by Gasteiger charge is 2.39. The van der Waals surface area contributed by atoms with Crippen molar-refractivity contribution >= 4 is 17.5 Å². The van der Waals surface area contributed by atoms with Crippen LogP contribution in [-0.4, -0.2) is 49.6 Å². The number of hydrogen-bond donors (Lipinski definition) is 1. The van der Waals surface area contributed by atoms with Gasteiger partial charge in [0.25, 0.3) is 5.91 Å². The van der Waals surface area contributed by atoms with Crippen molar-refractivity contribution in [3.8, 4) is 0 Å². The number of aromatic nitrogens is 3. The molecular weight excluding hydrogens is 330 g/mol. The molecule has 0 spiro atoms. The molecule has 6 nitrogen and oxygen atoms in total. The van der Waals surface area contributed by atoms with Gasteiger partial charge in [0.1, 0.15) is 17.2 Å². The average Bonchev–Trinajstić information content (AvgIpc) is 3.12. The summed E-state index contributed by atoms with van der Waals surface area (Å²) in [6.45, 7) is 0.386. The minimum atomic E-state index is -1.19. The summed E-state index contributed by atoms with van der Waals surface area (Å²) in [6.07, 6.45) is 3.38. The SMILES string of the molecule is O=C(c1cc(F)c(Cl)cc1F)N1CCC(O)(Cn2ccnn2)C1. The zero-order valence-corrected chi connectivity index (χ0v) is 12.7. The van der Waals surface area contributed by atoms with Gasteiger partial charge in [-0.1, -0.05) is 16.8 Å². The van der Waals surface area contributed by atoms with Gasteiger partial charge in [-0.15, -0.1) is 5.10 Å². The van der Waals surface area contributed by atoms with E-state index in [1.165, 1.54) is 15.8 Å². The molecule has 23 heavy (non-hydrogen) atoms. The number of carbonyl (C=O) groups is 1. The molecule has 1 aliphatic rings. The van der Waals surface area contributed by atoms with E-state index in [2.05, 4.69) is 10.3 Å². The number of nitrogens with zero attached hydrogens (tertiary/aromatic N) is 4.